The predicted molar refractivity (Wildman–Crippen MR) is 48.9 cm³/mol. The monoisotopic (exact) mass is 184 g/mol. The first kappa shape index (κ1) is 10.1. The lowest BCUT2D eigenvalue weighted by molar-refractivity contribution is 0.00884. The van der Waals surface area contributed by atoms with Crippen molar-refractivity contribution in [1.29, 1.82) is 0 Å². The summed E-state index contributed by atoms with van der Waals surface area (Å²) in [6.45, 7) is 4.28. The van der Waals surface area contributed by atoms with Gasteiger partial charge in [0.2, 0.25) is 0 Å². The lowest BCUT2D eigenvalue weighted by Crippen LogP contribution is -2.24. The summed E-state index contributed by atoms with van der Waals surface area (Å²) in [6.07, 6.45) is 0. The van der Waals surface area contributed by atoms with E-state index in [1.54, 1.807) is 7.11 Å². The maximum Gasteiger partial charge on any atom is 0.164 e. The Labute approximate surface area is 77.9 Å². The van der Waals surface area contributed by atoms with Gasteiger partial charge in [0, 0.05) is 14.2 Å². The van der Waals surface area contributed by atoms with Gasteiger partial charge in [-0.2, -0.15) is 0 Å². The molecule has 0 aliphatic rings. The highest BCUT2D eigenvalue weighted by Crippen LogP contribution is 2.21. The number of aromatic nitrogens is 3. The van der Waals surface area contributed by atoms with Crippen LogP contribution in [0.3, 0.4) is 0 Å². The standard InChI is InChI=1S/C8H16N4O/c1-8(2,13-4)7-11-10-6(5-9)12(7)3/h5,9H2,1-4H3. The molecular weight excluding hydrogens is 168 g/mol. The molecule has 74 valence electrons. The van der Waals surface area contributed by atoms with Crippen molar-refractivity contribution in [3.8, 4) is 0 Å². The SMILES string of the molecule is COC(C)(C)c1nnc(CN)n1C. The van der Waals surface area contributed by atoms with Crippen molar-refractivity contribution in [2.24, 2.45) is 12.8 Å². The summed E-state index contributed by atoms with van der Waals surface area (Å²) in [5.41, 5.74) is 5.06. The molecule has 0 amide bonds. The van der Waals surface area contributed by atoms with E-state index in [1.807, 2.05) is 25.5 Å². The Hall–Kier alpha value is -0.940. The van der Waals surface area contributed by atoms with E-state index in [2.05, 4.69) is 10.2 Å². The van der Waals surface area contributed by atoms with Crippen molar-refractivity contribution >= 4 is 0 Å². The van der Waals surface area contributed by atoms with E-state index in [0.29, 0.717) is 6.54 Å². The molecule has 1 aromatic rings. The van der Waals surface area contributed by atoms with E-state index < -0.39 is 5.60 Å². The number of hydrogen-bond donors (Lipinski definition) is 1. The number of methoxy groups -OCH3 is 1. The molecule has 1 rings (SSSR count). The quantitative estimate of drug-likeness (QED) is 0.726. The van der Waals surface area contributed by atoms with Crippen molar-refractivity contribution in [2.45, 2.75) is 26.0 Å². The van der Waals surface area contributed by atoms with Crippen molar-refractivity contribution < 1.29 is 4.74 Å². The molecular formula is C8H16N4O. The lowest BCUT2D eigenvalue weighted by atomic mass is 10.1. The average molecular weight is 184 g/mol. The van der Waals surface area contributed by atoms with Crippen LogP contribution in [0, 0.1) is 0 Å². The summed E-state index contributed by atoms with van der Waals surface area (Å²) in [5, 5.41) is 7.99. The number of nitrogens with zero attached hydrogens (tertiary/aromatic N) is 3. The molecule has 0 bridgehead atoms. The van der Waals surface area contributed by atoms with E-state index in [9.17, 15) is 0 Å². The summed E-state index contributed by atoms with van der Waals surface area (Å²) < 4.78 is 7.16. The molecule has 5 heteroatoms. The number of rotatable bonds is 3. The van der Waals surface area contributed by atoms with Gasteiger partial charge in [-0.05, 0) is 13.8 Å². The summed E-state index contributed by atoms with van der Waals surface area (Å²) in [6, 6.07) is 0. The largest absolute Gasteiger partial charge is 0.371 e. The highest BCUT2D eigenvalue weighted by molar-refractivity contribution is 5.02. The van der Waals surface area contributed by atoms with Crippen LogP contribution >= 0.6 is 0 Å². The maximum atomic E-state index is 5.48. The van der Waals surface area contributed by atoms with E-state index in [0.717, 1.165) is 11.6 Å². The fourth-order valence-electron chi connectivity index (χ4n) is 1.15. The van der Waals surface area contributed by atoms with Crippen molar-refractivity contribution in [3.05, 3.63) is 11.6 Å². The molecule has 0 aliphatic carbocycles. The minimum Gasteiger partial charge on any atom is -0.371 e. The molecule has 5 nitrogen and oxygen atoms in total. The molecule has 2 N–H and O–H groups in total. The van der Waals surface area contributed by atoms with E-state index in [1.165, 1.54) is 0 Å². The minimum atomic E-state index is -0.421. The van der Waals surface area contributed by atoms with Crippen LogP contribution in [-0.4, -0.2) is 21.9 Å². The molecule has 0 saturated carbocycles. The van der Waals surface area contributed by atoms with Gasteiger partial charge in [-0.1, -0.05) is 0 Å². The molecule has 0 saturated heterocycles. The van der Waals surface area contributed by atoms with Crippen LogP contribution in [0.5, 0.6) is 0 Å². The van der Waals surface area contributed by atoms with Gasteiger partial charge in [-0.3, -0.25) is 0 Å². The molecule has 0 fully saturated rings. The Balaban J connectivity index is 3.09. The average Bonchev–Trinajstić information content (AvgIpc) is 2.47. The molecule has 13 heavy (non-hydrogen) atoms. The van der Waals surface area contributed by atoms with Crippen LogP contribution in [0.4, 0.5) is 0 Å². The zero-order chi connectivity index (χ0) is 10.1. The van der Waals surface area contributed by atoms with Crippen molar-refractivity contribution in [1.82, 2.24) is 14.8 Å². The van der Waals surface area contributed by atoms with Crippen LogP contribution in [-0.2, 0) is 23.9 Å². The van der Waals surface area contributed by atoms with Gasteiger partial charge in [-0.25, -0.2) is 0 Å². The van der Waals surface area contributed by atoms with Gasteiger partial charge in [0.1, 0.15) is 11.4 Å². The third-order valence-corrected chi connectivity index (χ3v) is 2.20. The second-order valence-electron chi connectivity index (χ2n) is 3.42. The van der Waals surface area contributed by atoms with E-state index in [4.69, 9.17) is 10.5 Å². The van der Waals surface area contributed by atoms with Crippen LogP contribution in [0.1, 0.15) is 25.5 Å². The van der Waals surface area contributed by atoms with Gasteiger partial charge in [-0.15, -0.1) is 10.2 Å². The second kappa shape index (κ2) is 3.43. The number of nitrogens with two attached hydrogens (primary N) is 1. The first-order chi connectivity index (χ1) is 6.03. The Kier molecular flexibility index (Phi) is 2.68. The minimum absolute atomic E-state index is 0.392. The highest BCUT2D eigenvalue weighted by Gasteiger charge is 2.26. The second-order valence-corrected chi connectivity index (χ2v) is 3.42. The van der Waals surface area contributed by atoms with Crippen molar-refractivity contribution in [2.75, 3.05) is 7.11 Å². The van der Waals surface area contributed by atoms with E-state index >= 15 is 0 Å². The summed E-state index contributed by atoms with van der Waals surface area (Å²) in [4.78, 5) is 0. The molecule has 1 heterocycles. The number of ether oxygens (including phenoxy) is 1. The fraction of sp³-hybridized carbons (Fsp3) is 0.750. The van der Waals surface area contributed by atoms with Gasteiger partial charge >= 0.3 is 0 Å². The van der Waals surface area contributed by atoms with Gasteiger partial charge in [0.25, 0.3) is 0 Å². The van der Waals surface area contributed by atoms with Gasteiger partial charge in [0.15, 0.2) is 5.82 Å². The Morgan fingerprint density at radius 2 is 2.08 bits per heavy atom. The topological polar surface area (TPSA) is 66.0 Å². The molecule has 0 radical (unpaired) electrons. The third-order valence-electron chi connectivity index (χ3n) is 2.20. The summed E-state index contributed by atoms with van der Waals surface area (Å²) in [7, 11) is 3.54. The summed E-state index contributed by atoms with van der Waals surface area (Å²) in [5.74, 6) is 1.55. The highest BCUT2D eigenvalue weighted by atomic mass is 16.5. The number of hydrogen-bond acceptors (Lipinski definition) is 4. The van der Waals surface area contributed by atoms with Crippen LogP contribution in [0.2, 0.25) is 0 Å². The molecule has 0 aromatic carbocycles. The predicted octanol–water partition coefficient (Wildman–Crippen LogP) is 0.155. The molecule has 1 aromatic heterocycles. The summed E-state index contributed by atoms with van der Waals surface area (Å²) >= 11 is 0. The molecule has 0 aliphatic heterocycles. The normalized spacial score (nSPS) is 12.1. The van der Waals surface area contributed by atoms with Gasteiger partial charge < -0.3 is 15.0 Å². The third kappa shape index (κ3) is 1.71. The fourth-order valence-corrected chi connectivity index (χ4v) is 1.15. The smallest absolute Gasteiger partial charge is 0.164 e. The zero-order valence-corrected chi connectivity index (χ0v) is 8.53. The lowest BCUT2D eigenvalue weighted by Gasteiger charge is -2.21. The first-order valence-electron chi connectivity index (χ1n) is 4.17. The molecule has 0 spiro atoms. The van der Waals surface area contributed by atoms with Crippen LogP contribution in [0.25, 0.3) is 0 Å². The molecule has 0 unspecified atom stereocenters. The van der Waals surface area contributed by atoms with E-state index in [-0.39, 0.29) is 0 Å². The van der Waals surface area contributed by atoms with Crippen LogP contribution in [0.15, 0.2) is 0 Å². The molecule has 0 atom stereocenters. The zero-order valence-electron chi connectivity index (χ0n) is 8.53. The maximum absolute atomic E-state index is 5.48. The van der Waals surface area contributed by atoms with Crippen LogP contribution < -0.4 is 5.73 Å². The Bertz CT molecular complexity index is 292. The Morgan fingerprint density at radius 1 is 1.46 bits per heavy atom. The first-order valence-corrected chi connectivity index (χ1v) is 4.17. The van der Waals surface area contributed by atoms with Gasteiger partial charge in [0.05, 0.1) is 6.54 Å². The van der Waals surface area contributed by atoms with Crippen molar-refractivity contribution in [3.63, 3.8) is 0 Å². The Morgan fingerprint density at radius 3 is 2.46 bits per heavy atom.